The van der Waals surface area contributed by atoms with Crippen LogP contribution in [0.3, 0.4) is 0 Å². The van der Waals surface area contributed by atoms with Crippen molar-refractivity contribution in [3.05, 3.63) is 71.7 Å². The molecule has 8 heteroatoms. The molecule has 7 nitrogen and oxygen atoms in total. The molecule has 2 aromatic carbocycles. The summed E-state index contributed by atoms with van der Waals surface area (Å²) in [6, 6.07) is 16.1. The highest BCUT2D eigenvalue weighted by atomic mass is 19.1. The molecule has 0 unspecified atom stereocenters. The number of carbonyl (C=O) groups is 2. The molecule has 1 aliphatic heterocycles. The zero-order chi connectivity index (χ0) is 24.9. The van der Waals surface area contributed by atoms with Gasteiger partial charge < -0.3 is 15.5 Å². The summed E-state index contributed by atoms with van der Waals surface area (Å²) >= 11 is 0. The number of amides is 2. The van der Waals surface area contributed by atoms with Crippen molar-refractivity contribution in [3.8, 4) is 5.69 Å². The molecule has 1 saturated heterocycles. The third kappa shape index (κ3) is 5.70. The molecule has 0 aliphatic carbocycles. The lowest BCUT2D eigenvalue weighted by molar-refractivity contribution is -0.125. The fourth-order valence-electron chi connectivity index (χ4n) is 4.30. The normalized spacial score (nSPS) is 14.3. The lowest BCUT2D eigenvalue weighted by Crippen LogP contribution is -2.41. The van der Waals surface area contributed by atoms with Crippen LogP contribution in [0.15, 0.2) is 54.6 Å². The van der Waals surface area contributed by atoms with E-state index in [0.29, 0.717) is 38.2 Å². The van der Waals surface area contributed by atoms with E-state index >= 15 is 0 Å². The first kappa shape index (κ1) is 24.4. The highest BCUT2D eigenvalue weighted by molar-refractivity contribution is 5.96. The Hall–Kier alpha value is -3.68. The van der Waals surface area contributed by atoms with Gasteiger partial charge in [0.25, 0.3) is 0 Å². The molecule has 3 aromatic rings. The minimum Gasteiger partial charge on any atom is -0.355 e. The number of anilines is 2. The lowest BCUT2D eigenvalue weighted by atomic mass is 9.95. The Balaban J connectivity index is 1.50. The maximum Gasteiger partial charge on any atom is 0.227 e. The van der Waals surface area contributed by atoms with Crippen molar-refractivity contribution in [2.45, 2.75) is 40.2 Å². The minimum atomic E-state index is -0.309. The van der Waals surface area contributed by atoms with Crippen LogP contribution in [0, 0.1) is 24.6 Å². The number of benzene rings is 2. The van der Waals surface area contributed by atoms with Crippen LogP contribution in [0.2, 0.25) is 0 Å². The first-order valence-electron chi connectivity index (χ1n) is 12.1. The van der Waals surface area contributed by atoms with E-state index < -0.39 is 0 Å². The maximum atomic E-state index is 13.4. The average Bonchev–Trinajstić information content (AvgIpc) is 3.19. The van der Waals surface area contributed by atoms with Gasteiger partial charge in [-0.3, -0.25) is 9.59 Å². The van der Waals surface area contributed by atoms with Gasteiger partial charge in [0, 0.05) is 31.5 Å². The second kappa shape index (κ2) is 10.7. The number of hydrogen-bond donors (Lipinski definition) is 2. The first-order valence-corrected chi connectivity index (χ1v) is 12.1. The molecule has 0 radical (unpaired) electrons. The zero-order valence-corrected chi connectivity index (χ0v) is 20.4. The topological polar surface area (TPSA) is 79.3 Å². The van der Waals surface area contributed by atoms with Crippen molar-refractivity contribution in [3.63, 3.8) is 0 Å². The summed E-state index contributed by atoms with van der Waals surface area (Å²) in [7, 11) is 0. The van der Waals surface area contributed by atoms with Crippen LogP contribution in [0.25, 0.3) is 5.69 Å². The third-order valence-electron chi connectivity index (χ3n) is 6.33. The summed E-state index contributed by atoms with van der Waals surface area (Å²) in [5.74, 6) is 0.165. The molecule has 0 saturated carbocycles. The predicted molar refractivity (Wildman–Crippen MR) is 135 cm³/mol. The van der Waals surface area contributed by atoms with Crippen molar-refractivity contribution < 1.29 is 14.0 Å². The summed E-state index contributed by atoms with van der Waals surface area (Å²) in [5, 5.41) is 10.8. The number of rotatable bonds is 7. The monoisotopic (exact) mass is 477 g/mol. The first-order chi connectivity index (χ1) is 16.8. The smallest absolute Gasteiger partial charge is 0.227 e. The Kier molecular flexibility index (Phi) is 7.48. The highest BCUT2D eigenvalue weighted by Gasteiger charge is 2.30. The van der Waals surface area contributed by atoms with E-state index in [0.717, 1.165) is 22.8 Å². The Morgan fingerprint density at radius 2 is 1.80 bits per heavy atom. The molecule has 2 N–H and O–H groups in total. The number of piperidine rings is 1. The predicted octanol–water partition coefficient (Wildman–Crippen LogP) is 4.45. The summed E-state index contributed by atoms with van der Waals surface area (Å²) in [6.07, 6.45) is 1.34. The third-order valence-corrected chi connectivity index (χ3v) is 6.33. The maximum absolute atomic E-state index is 13.4. The van der Waals surface area contributed by atoms with Crippen LogP contribution < -0.4 is 15.5 Å². The van der Waals surface area contributed by atoms with Gasteiger partial charge in [0.2, 0.25) is 11.8 Å². The number of para-hydroxylation sites is 1. The molecule has 184 valence electrons. The van der Waals surface area contributed by atoms with Crippen LogP contribution in [-0.4, -0.2) is 34.7 Å². The molecule has 35 heavy (non-hydrogen) atoms. The largest absolute Gasteiger partial charge is 0.355 e. The highest BCUT2D eigenvalue weighted by Crippen LogP contribution is 2.35. The van der Waals surface area contributed by atoms with Crippen LogP contribution in [-0.2, 0) is 16.1 Å². The molecular formula is C27H32FN5O2. The number of hydrogen-bond acceptors (Lipinski definition) is 4. The van der Waals surface area contributed by atoms with E-state index in [4.69, 9.17) is 5.10 Å². The van der Waals surface area contributed by atoms with Gasteiger partial charge in [-0.2, -0.15) is 5.10 Å². The fraction of sp³-hybridized carbons (Fsp3) is 0.370. The van der Waals surface area contributed by atoms with E-state index in [-0.39, 0.29) is 29.5 Å². The van der Waals surface area contributed by atoms with Gasteiger partial charge >= 0.3 is 0 Å². The average molecular weight is 478 g/mol. The van der Waals surface area contributed by atoms with E-state index in [1.165, 1.54) is 12.1 Å². The Morgan fingerprint density at radius 3 is 2.46 bits per heavy atom. The van der Waals surface area contributed by atoms with Crippen LogP contribution in [0.5, 0.6) is 0 Å². The lowest BCUT2D eigenvalue weighted by Gasteiger charge is -2.33. The summed E-state index contributed by atoms with van der Waals surface area (Å²) < 4.78 is 15.3. The number of nitrogens with one attached hydrogen (secondary N) is 2. The van der Waals surface area contributed by atoms with Gasteiger partial charge in [-0.15, -0.1) is 0 Å². The number of carbonyl (C=O) groups excluding carboxylic acids is 2. The number of halogens is 1. The minimum absolute atomic E-state index is 0.0185. The molecule has 4 rings (SSSR count). The van der Waals surface area contributed by atoms with E-state index in [9.17, 15) is 14.0 Å². The zero-order valence-electron chi connectivity index (χ0n) is 20.4. The molecule has 1 fully saturated rings. The molecule has 0 bridgehead atoms. The van der Waals surface area contributed by atoms with Crippen LogP contribution in [0.4, 0.5) is 15.9 Å². The fourth-order valence-corrected chi connectivity index (χ4v) is 4.30. The summed E-state index contributed by atoms with van der Waals surface area (Å²) in [6.45, 7) is 7.23. The van der Waals surface area contributed by atoms with Gasteiger partial charge in [0.05, 0.1) is 11.4 Å². The SMILES string of the molecule is Cc1nn(-c2ccccc2)c(N2CCC(C(=O)NCc3cccc(F)c3)CC2)c1NC(=O)C(C)C. The molecular weight excluding hydrogens is 445 g/mol. The quantitative estimate of drug-likeness (QED) is 0.527. The Bertz CT molecular complexity index is 1180. The molecule has 0 atom stereocenters. The van der Waals surface area contributed by atoms with Crippen molar-refractivity contribution >= 4 is 23.3 Å². The van der Waals surface area contributed by atoms with E-state index in [1.807, 2.05) is 55.8 Å². The van der Waals surface area contributed by atoms with Crippen molar-refractivity contribution in [2.24, 2.45) is 11.8 Å². The second-order valence-electron chi connectivity index (χ2n) is 9.28. The van der Waals surface area contributed by atoms with Gasteiger partial charge in [0.1, 0.15) is 11.5 Å². The standard InChI is InChI=1S/C27H32FN5O2/c1-18(2)25(34)30-24-19(3)31-33(23-10-5-4-6-11-23)27(24)32-14-12-21(13-15-32)26(35)29-17-20-8-7-9-22(28)16-20/h4-11,16,18,21H,12-15,17H2,1-3H3,(H,29,35)(H,30,34). The number of aryl methyl sites for hydroxylation is 1. The number of nitrogens with zero attached hydrogens (tertiary/aromatic N) is 3. The van der Waals surface area contributed by atoms with Crippen LogP contribution >= 0.6 is 0 Å². The Morgan fingerprint density at radius 1 is 1.09 bits per heavy atom. The van der Waals surface area contributed by atoms with Gasteiger partial charge in [-0.05, 0) is 49.6 Å². The number of aromatic nitrogens is 2. The van der Waals surface area contributed by atoms with Gasteiger partial charge in [0.15, 0.2) is 5.82 Å². The van der Waals surface area contributed by atoms with Gasteiger partial charge in [-0.25, -0.2) is 9.07 Å². The van der Waals surface area contributed by atoms with Crippen molar-refractivity contribution in [1.29, 1.82) is 0 Å². The molecule has 1 aromatic heterocycles. The van der Waals surface area contributed by atoms with Gasteiger partial charge in [-0.1, -0.05) is 44.2 Å². The summed E-state index contributed by atoms with van der Waals surface area (Å²) in [5.41, 5.74) is 3.10. The molecule has 2 amide bonds. The Labute approximate surface area is 205 Å². The molecule has 2 heterocycles. The van der Waals surface area contributed by atoms with E-state index in [1.54, 1.807) is 12.1 Å². The summed E-state index contributed by atoms with van der Waals surface area (Å²) in [4.78, 5) is 27.5. The van der Waals surface area contributed by atoms with Crippen molar-refractivity contribution in [1.82, 2.24) is 15.1 Å². The van der Waals surface area contributed by atoms with Crippen LogP contribution in [0.1, 0.15) is 37.9 Å². The molecule has 1 aliphatic rings. The van der Waals surface area contributed by atoms with Crippen molar-refractivity contribution in [2.75, 3.05) is 23.3 Å². The molecule has 0 spiro atoms. The second-order valence-corrected chi connectivity index (χ2v) is 9.28. The van der Waals surface area contributed by atoms with E-state index in [2.05, 4.69) is 15.5 Å².